The molecule has 3 aromatic rings. The summed E-state index contributed by atoms with van der Waals surface area (Å²) in [6.07, 6.45) is 1.38. The Morgan fingerprint density at radius 1 is 0.882 bits per heavy atom. The van der Waals surface area contributed by atoms with Crippen LogP contribution in [0.4, 0.5) is 11.4 Å². The molecule has 3 N–H and O–H groups in total. The van der Waals surface area contributed by atoms with Gasteiger partial charge in [0.1, 0.15) is 5.75 Å². The van der Waals surface area contributed by atoms with Gasteiger partial charge in [-0.25, -0.2) is 5.43 Å². The smallest absolute Gasteiger partial charge is 0.329 e. The first kappa shape index (κ1) is 24.5. The van der Waals surface area contributed by atoms with Crippen molar-refractivity contribution < 1.29 is 19.1 Å². The molecule has 0 aromatic heterocycles. The van der Waals surface area contributed by atoms with E-state index in [9.17, 15) is 14.4 Å². The zero-order valence-corrected chi connectivity index (χ0v) is 19.3. The number of carbonyl (C=O) groups is 3. The molecule has 3 rings (SSSR count). The second-order valence-electron chi connectivity index (χ2n) is 7.39. The largest absolute Gasteiger partial charge is 0.484 e. The van der Waals surface area contributed by atoms with Crippen LogP contribution in [0.2, 0.25) is 5.02 Å². The summed E-state index contributed by atoms with van der Waals surface area (Å²) in [7, 11) is 0. The highest BCUT2D eigenvalue weighted by Gasteiger charge is 2.12. The molecule has 9 heteroatoms. The summed E-state index contributed by atoms with van der Waals surface area (Å²) < 4.78 is 5.47. The average molecular weight is 479 g/mol. The van der Waals surface area contributed by atoms with Gasteiger partial charge in [-0.3, -0.25) is 14.4 Å². The maximum Gasteiger partial charge on any atom is 0.329 e. The van der Waals surface area contributed by atoms with Crippen LogP contribution >= 0.6 is 11.6 Å². The summed E-state index contributed by atoms with van der Waals surface area (Å²) in [5.41, 5.74) is 5.90. The molecular weight excluding hydrogens is 456 g/mol. The van der Waals surface area contributed by atoms with Gasteiger partial charge >= 0.3 is 11.8 Å². The first-order valence-electron chi connectivity index (χ1n) is 10.3. The van der Waals surface area contributed by atoms with Gasteiger partial charge in [-0.2, -0.15) is 5.10 Å². The van der Waals surface area contributed by atoms with Gasteiger partial charge in [0.15, 0.2) is 6.61 Å². The lowest BCUT2D eigenvalue weighted by atomic mass is 10.2. The molecule has 0 fully saturated rings. The fourth-order valence-electron chi connectivity index (χ4n) is 2.71. The normalized spacial score (nSPS) is 10.6. The number of amides is 3. The number of hydrogen-bond acceptors (Lipinski definition) is 5. The van der Waals surface area contributed by atoms with Crippen molar-refractivity contribution in [2.45, 2.75) is 13.8 Å². The van der Waals surface area contributed by atoms with E-state index in [-0.39, 0.29) is 12.5 Å². The Balaban J connectivity index is 1.43. The number of hydrazone groups is 1. The minimum atomic E-state index is -0.891. The fourth-order valence-corrected chi connectivity index (χ4v) is 2.89. The minimum absolute atomic E-state index is 0.176. The zero-order chi connectivity index (χ0) is 24.5. The molecule has 0 saturated heterocycles. The monoisotopic (exact) mass is 478 g/mol. The highest BCUT2D eigenvalue weighted by molar-refractivity contribution is 6.39. The lowest BCUT2D eigenvalue weighted by Crippen LogP contribution is -2.32. The third-order valence-corrected chi connectivity index (χ3v) is 5.01. The van der Waals surface area contributed by atoms with Gasteiger partial charge < -0.3 is 15.4 Å². The number of carbonyl (C=O) groups excluding carboxylic acids is 3. The van der Waals surface area contributed by atoms with Crippen molar-refractivity contribution in [2.24, 2.45) is 5.10 Å². The van der Waals surface area contributed by atoms with Crippen LogP contribution in [0.5, 0.6) is 5.75 Å². The molecule has 0 aliphatic heterocycles. The number of hydrogen-bond donors (Lipinski definition) is 3. The second-order valence-corrected chi connectivity index (χ2v) is 7.80. The highest BCUT2D eigenvalue weighted by atomic mass is 35.5. The van der Waals surface area contributed by atoms with Gasteiger partial charge in [-0.1, -0.05) is 35.4 Å². The summed E-state index contributed by atoms with van der Waals surface area (Å²) in [5.74, 6) is -1.55. The Hall–Kier alpha value is -4.17. The number of ether oxygens (including phenoxy) is 1. The molecule has 174 valence electrons. The van der Waals surface area contributed by atoms with Gasteiger partial charge in [0.05, 0.1) is 6.21 Å². The van der Waals surface area contributed by atoms with E-state index in [0.717, 1.165) is 11.1 Å². The van der Waals surface area contributed by atoms with E-state index in [1.807, 2.05) is 32.0 Å². The highest BCUT2D eigenvalue weighted by Crippen LogP contribution is 2.20. The summed E-state index contributed by atoms with van der Waals surface area (Å²) in [4.78, 5) is 35.8. The second kappa shape index (κ2) is 11.6. The fraction of sp³-hybridized carbons (Fsp3) is 0.120. The predicted octanol–water partition coefficient (Wildman–Crippen LogP) is 4.06. The van der Waals surface area contributed by atoms with Crippen LogP contribution in [0.15, 0.2) is 71.8 Å². The van der Waals surface area contributed by atoms with Crippen LogP contribution in [0.1, 0.15) is 16.7 Å². The first-order valence-corrected chi connectivity index (χ1v) is 10.7. The Kier molecular flexibility index (Phi) is 8.37. The van der Waals surface area contributed by atoms with Crippen LogP contribution in [0, 0.1) is 13.8 Å². The molecule has 0 aliphatic rings. The molecular formula is C25H23ClN4O4. The number of nitrogens with zero attached hydrogens (tertiary/aromatic N) is 1. The van der Waals surface area contributed by atoms with E-state index >= 15 is 0 Å². The van der Waals surface area contributed by atoms with Gasteiger partial charge in [0.25, 0.3) is 5.91 Å². The molecule has 3 amide bonds. The molecule has 0 bridgehead atoms. The third kappa shape index (κ3) is 7.46. The maximum absolute atomic E-state index is 12.1. The predicted molar refractivity (Wildman–Crippen MR) is 132 cm³/mol. The Bertz CT molecular complexity index is 1210. The number of anilines is 2. The van der Waals surface area contributed by atoms with Crippen LogP contribution < -0.4 is 20.8 Å². The number of nitrogens with one attached hydrogen (secondary N) is 3. The molecule has 0 atom stereocenters. The molecule has 0 spiro atoms. The summed E-state index contributed by atoms with van der Waals surface area (Å²) in [6.45, 7) is 3.62. The number of halogens is 1. The average Bonchev–Trinajstić information content (AvgIpc) is 2.82. The first-order chi connectivity index (χ1) is 16.3. The van der Waals surface area contributed by atoms with E-state index in [1.165, 1.54) is 6.21 Å². The van der Waals surface area contributed by atoms with Crippen LogP contribution in [0.3, 0.4) is 0 Å². The number of rotatable bonds is 7. The Labute approximate surface area is 202 Å². The van der Waals surface area contributed by atoms with Gasteiger partial charge in [0.2, 0.25) is 0 Å². The maximum atomic E-state index is 12.1. The molecule has 0 aliphatic carbocycles. The minimum Gasteiger partial charge on any atom is -0.484 e. The lowest BCUT2D eigenvalue weighted by Gasteiger charge is -2.08. The number of aryl methyl sites for hydroxylation is 2. The third-order valence-electron chi connectivity index (χ3n) is 4.60. The van der Waals surface area contributed by atoms with Crippen molar-refractivity contribution in [1.82, 2.24) is 5.43 Å². The molecule has 0 unspecified atom stereocenters. The SMILES string of the molecule is Cc1ccc(NC(=O)C(=O)N/N=C\c2ccc(OCC(=O)Nc3ccc(C)c(Cl)c3)cc2)cc1. The van der Waals surface area contributed by atoms with E-state index in [1.54, 1.807) is 48.5 Å². The zero-order valence-electron chi connectivity index (χ0n) is 18.6. The van der Waals surface area contributed by atoms with Crippen LogP contribution in [-0.2, 0) is 14.4 Å². The number of benzene rings is 3. The van der Waals surface area contributed by atoms with Crippen molar-refractivity contribution in [3.63, 3.8) is 0 Å². The molecule has 3 aromatic carbocycles. The van der Waals surface area contributed by atoms with Crippen LogP contribution in [0.25, 0.3) is 0 Å². The summed E-state index contributed by atoms with van der Waals surface area (Å²) in [5, 5.41) is 9.55. The Morgan fingerprint density at radius 3 is 2.24 bits per heavy atom. The topological polar surface area (TPSA) is 109 Å². The quantitative estimate of drug-likeness (QED) is 0.270. The van der Waals surface area contributed by atoms with E-state index < -0.39 is 11.8 Å². The molecule has 0 heterocycles. The molecule has 34 heavy (non-hydrogen) atoms. The molecule has 8 nitrogen and oxygen atoms in total. The van der Waals surface area contributed by atoms with Crippen molar-refractivity contribution in [2.75, 3.05) is 17.2 Å². The standard InChI is InChI=1S/C25H23ClN4O4/c1-16-3-8-19(9-4-16)29-24(32)25(33)30-27-14-18-6-11-21(12-7-18)34-15-23(31)28-20-10-5-17(2)22(26)13-20/h3-14H,15H2,1-2H3,(H,28,31)(H,29,32)(H,30,33)/b27-14-. The van der Waals surface area contributed by atoms with Crippen molar-refractivity contribution >= 4 is 46.9 Å². The van der Waals surface area contributed by atoms with Gasteiger partial charge in [-0.05, 0) is 73.5 Å². The van der Waals surface area contributed by atoms with Gasteiger partial charge in [0, 0.05) is 16.4 Å². The van der Waals surface area contributed by atoms with Crippen molar-refractivity contribution in [3.8, 4) is 5.75 Å². The van der Waals surface area contributed by atoms with E-state index in [4.69, 9.17) is 16.3 Å². The summed E-state index contributed by atoms with van der Waals surface area (Å²) in [6, 6.07) is 19.0. The van der Waals surface area contributed by atoms with Crippen LogP contribution in [-0.4, -0.2) is 30.5 Å². The summed E-state index contributed by atoms with van der Waals surface area (Å²) >= 11 is 6.06. The van der Waals surface area contributed by atoms with Gasteiger partial charge in [-0.15, -0.1) is 0 Å². The lowest BCUT2D eigenvalue weighted by molar-refractivity contribution is -0.136. The van der Waals surface area contributed by atoms with E-state index in [0.29, 0.717) is 27.7 Å². The molecule has 0 saturated carbocycles. The van der Waals surface area contributed by atoms with Crippen molar-refractivity contribution in [1.29, 1.82) is 0 Å². The van der Waals surface area contributed by atoms with E-state index in [2.05, 4.69) is 21.2 Å². The molecule has 0 radical (unpaired) electrons. The Morgan fingerprint density at radius 2 is 1.56 bits per heavy atom. The van der Waals surface area contributed by atoms with Crippen molar-refractivity contribution in [3.05, 3.63) is 88.4 Å².